The van der Waals surface area contributed by atoms with Crippen molar-refractivity contribution < 1.29 is 4.79 Å². The normalized spacial score (nSPS) is 10.9. The summed E-state index contributed by atoms with van der Waals surface area (Å²) in [7, 11) is 0. The van der Waals surface area contributed by atoms with Crippen LogP contribution < -0.4 is 5.32 Å². The highest BCUT2D eigenvalue weighted by molar-refractivity contribution is 6.12. The Labute approximate surface area is 185 Å². The van der Waals surface area contributed by atoms with Crippen molar-refractivity contribution in [3.05, 3.63) is 108 Å². The number of aromatic nitrogens is 4. The summed E-state index contributed by atoms with van der Waals surface area (Å²) in [5.41, 5.74) is 5.14. The number of benzene rings is 2. The first-order valence-electron chi connectivity index (χ1n) is 10.4. The van der Waals surface area contributed by atoms with Crippen molar-refractivity contribution in [2.45, 2.75) is 13.5 Å². The van der Waals surface area contributed by atoms with Crippen LogP contribution in [0.25, 0.3) is 22.2 Å². The number of carbonyl (C=O) groups is 1. The van der Waals surface area contributed by atoms with Gasteiger partial charge in [0.2, 0.25) is 0 Å². The number of carbonyl (C=O) groups excluding carboxylic acids is 1. The van der Waals surface area contributed by atoms with Crippen LogP contribution in [0.5, 0.6) is 0 Å². The van der Waals surface area contributed by atoms with Crippen LogP contribution in [0.3, 0.4) is 0 Å². The van der Waals surface area contributed by atoms with Crippen LogP contribution in [-0.2, 0) is 6.54 Å². The van der Waals surface area contributed by atoms with E-state index in [2.05, 4.69) is 15.4 Å². The third-order valence-electron chi connectivity index (χ3n) is 5.24. The minimum absolute atomic E-state index is 0.222. The third kappa shape index (κ3) is 4.11. The first-order chi connectivity index (χ1) is 15.7. The summed E-state index contributed by atoms with van der Waals surface area (Å²) in [5, 5.41) is 8.20. The quantitative estimate of drug-likeness (QED) is 0.430. The lowest BCUT2D eigenvalue weighted by Gasteiger charge is -2.10. The molecule has 0 aliphatic carbocycles. The highest BCUT2D eigenvalue weighted by Gasteiger charge is 2.15. The zero-order valence-electron chi connectivity index (χ0n) is 17.6. The highest BCUT2D eigenvalue weighted by atomic mass is 16.1. The van der Waals surface area contributed by atoms with Gasteiger partial charge < -0.3 is 5.32 Å². The molecule has 0 unspecified atom stereocenters. The fourth-order valence-electron chi connectivity index (χ4n) is 3.59. The molecule has 1 amide bonds. The lowest BCUT2D eigenvalue weighted by atomic mass is 10.0. The standard InChI is InChI=1S/C26H21N5O/c1-18-9-11-19(12-10-18)24-16-22(21-7-2-3-8-23(21)28-24)26(32)29-25-13-15-31(30-25)17-20-6-4-5-14-27-20/h2-16H,17H2,1H3,(H,29,30,32). The topological polar surface area (TPSA) is 72.7 Å². The summed E-state index contributed by atoms with van der Waals surface area (Å²) in [5.74, 6) is 0.267. The maximum absolute atomic E-state index is 13.2. The molecule has 3 heterocycles. The number of para-hydroxylation sites is 1. The zero-order valence-corrected chi connectivity index (χ0v) is 17.6. The van der Waals surface area contributed by atoms with E-state index in [4.69, 9.17) is 4.98 Å². The second-order valence-corrected chi connectivity index (χ2v) is 7.61. The third-order valence-corrected chi connectivity index (χ3v) is 5.24. The summed E-state index contributed by atoms with van der Waals surface area (Å²) >= 11 is 0. The molecule has 0 saturated heterocycles. The lowest BCUT2D eigenvalue weighted by molar-refractivity contribution is 0.102. The minimum Gasteiger partial charge on any atom is -0.305 e. The highest BCUT2D eigenvalue weighted by Crippen LogP contribution is 2.26. The van der Waals surface area contributed by atoms with Gasteiger partial charge in [-0.2, -0.15) is 5.10 Å². The molecule has 6 nitrogen and oxygen atoms in total. The molecule has 5 rings (SSSR count). The Balaban J connectivity index is 1.45. The van der Waals surface area contributed by atoms with E-state index in [0.717, 1.165) is 27.9 Å². The van der Waals surface area contributed by atoms with Gasteiger partial charge in [-0.15, -0.1) is 0 Å². The van der Waals surface area contributed by atoms with Gasteiger partial charge in [0.05, 0.1) is 29.0 Å². The lowest BCUT2D eigenvalue weighted by Crippen LogP contribution is -2.14. The number of pyridine rings is 2. The fourth-order valence-corrected chi connectivity index (χ4v) is 3.59. The summed E-state index contributed by atoms with van der Waals surface area (Å²) in [6.45, 7) is 2.58. The largest absolute Gasteiger partial charge is 0.305 e. The first-order valence-corrected chi connectivity index (χ1v) is 10.4. The SMILES string of the molecule is Cc1ccc(-c2cc(C(=O)Nc3ccn(Cc4ccccn4)n3)c3ccccc3n2)cc1. The predicted molar refractivity (Wildman–Crippen MR) is 125 cm³/mol. The first kappa shape index (κ1) is 19.6. The van der Waals surface area contributed by atoms with Crippen LogP contribution in [0.2, 0.25) is 0 Å². The Hall–Kier alpha value is -4.32. The molecule has 0 spiro atoms. The number of rotatable bonds is 5. The molecule has 0 aliphatic rings. The monoisotopic (exact) mass is 419 g/mol. The number of hydrogen-bond donors (Lipinski definition) is 1. The zero-order chi connectivity index (χ0) is 21.9. The molecule has 1 N–H and O–H groups in total. The molecule has 0 fully saturated rings. The Kier molecular flexibility index (Phi) is 5.17. The Morgan fingerprint density at radius 2 is 1.78 bits per heavy atom. The number of fused-ring (bicyclic) bond motifs is 1. The van der Waals surface area contributed by atoms with Crippen LogP contribution >= 0.6 is 0 Å². The predicted octanol–water partition coefficient (Wildman–Crippen LogP) is 5.10. The number of amides is 1. The molecular formula is C26H21N5O. The molecule has 0 aliphatic heterocycles. The molecular weight excluding hydrogens is 398 g/mol. The van der Waals surface area contributed by atoms with E-state index in [0.29, 0.717) is 17.9 Å². The van der Waals surface area contributed by atoms with E-state index < -0.39 is 0 Å². The van der Waals surface area contributed by atoms with Gasteiger partial charge in [-0.05, 0) is 31.2 Å². The maximum atomic E-state index is 13.2. The van der Waals surface area contributed by atoms with Crippen molar-refractivity contribution in [1.82, 2.24) is 19.7 Å². The van der Waals surface area contributed by atoms with Crippen LogP contribution in [0.4, 0.5) is 5.82 Å². The van der Waals surface area contributed by atoms with Gasteiger partial charge >= 0.3 is 0 Å². The number of nitrogens with zero attached hydrogens (tertiary/aromatic N) is 4. The summed E-state index contributed by atoms with van der Waals surface area (Å²) in [6, 6.07) is 25.2. The van der Waals surface area contributed by atoms with Crippen molar-refractivity contribution in [3.8, 4) is 11.3 Å². The van der Waals surface area contributed by atoms with Gasteiger partial charge in [0.25, 0.3) is 5.91 Å². The average molecular weight is 419 g/mol. The average Bonchev–Trinajstić information content (AvgIpc) is 3.26. The molecule has 0 saturated carbocycles. The molecule has 0 bridgehead atoms. The van der Waals surface area contributed by atoms with E-state index in [1.807, 2.05) is 85.9 Å². The Morgan fingerprint density at radius 1 is 0.969 bits per heavy atom. The van der Waals surface area contributed by atoms with E-state index in [1.165, 1.54) is 5.56 Å². The molecule has 0 radical (unpaired) electrons. The van der Waals surface area contributed by atoms with Crippen molar-refractivity contribution in [2.24, 2.45) is 0 Å². The minimum atomic E-state index is -0.222. The smallest absolute Gasteiger partial charge is 0.257 e. The summed E-state index contributed by atoms with van der Waals surface area (Å²) < 4.78 is 1.75. The molecule has 156 valence electrons. The van der Waals surface area contributed by atoms with Crippen LogP contribution in [-0.4, -0.2) is 25.7 Å². The van der Waals surface area contributed by atoms with Crippen molar-refractivity contribution in [2.75, 3.05) is 5.32 Å². The molecule has 5 aromatic rings. The van der Waals surface area contributed by atoms with Crippen LogP contribution in [0, 0.1) is 6.92 Å². The Morgan fingerprint density at radius 3 is 2.59 bits per heavy atom. The molecule has 3 aromatic heterocycles. The summed E-state index contributed by atoms with van der Waals surface area (Å²) in [4.78, 5) is 22.3. The molecule has 2 aromatic carbocycles. The number of aryl methyl sites for hydroxylation is 1. The van der Waals surface area contributed by atoms with Gasteiger partial charge in [0.1, 0.15) is 0 Å². The molecule has 0 atom stereocenters. The van der Waals surface area contributed by atoms with Crippen LogP contribution in [0.15, 0.2) is 91.3 Å². The Bertz CT molecular complexity index is 1390. The summed E-state index contributed by atoms with van der Waals surface area (Å²) in [6.07, 6.45) is 3.58. The van der Waals surface area contributed by atoms with Crippen molar-refractivity contribution in [3.63, 3.8) is 0 Å². The maximum Gasteiger partial charge on any atom is 0.257 e. The number of hydrogen-bond acceptors (Lipinski definition) is 4. The van der Waals surface area contributed by atoms with Gasteiger partial charge in [-0.25, -0.2) is 4.98 Å². The number of anilines is 1. The van der Waals surface area contributed by atoms with Gasteiger partial charge in [-0.3, -0.25) is 14.5 Å². The number of nitrogens with one attached hydrogen (secondary N) is 1. The van der Waals surface area contributed by atoms with Gasteiger partial charge in [0.15, 0.2) is 5.82 Å². The molecule has 6 heteroatoms. The van der Waals surface area contributed by atoms with E-state index >= 15 is 0 Å². The van der Waals surface area contributed by atoms with Gasteiger partial charge in [0, 0.05) is 29.4 Å². The van der Waals surface area contributed by atoms with Crippen LogP contribution in [0.1, 0.15) is 21.6 Å². The second-order valence-electron chi connectivity index (χ2n) is 7.61. The van der Waals surface area contributed by atoms with E-state index in [1.54, 1.807) is 16.9 Å². The van der Waals surface area contributed by atoms with Gasteiger partial charge in [-0.1, -0.05) is 54.1 Å². The van der Waals surface area contributed by atoms with E-state index in [9.17, 15) is 4.79 Å². The fraction of sp³-hybridized carbons (Fsp3) is 0.0769. The van der Waals surface area contributed by atoms with Crippen molar-refractivity contribution >= 4 is 22.6 Å². The molecule has 32 heavy (non-hydrogen) atoms. The van der Waals surface area contributed by atoms with E-state index in [-0.39, 0.29) is 5.91 Å². The van der Waals surface area contributed by atoms with Crippen molar-refractivity contribution in [1.29, 1.82) is 0 Å². The second kappa shape index (κ2) is 8.43.